The average molecular weight is 760 g/mol. The first-order valence-corrected chi connectivity index (χ1v) is 19.2. The zero-order valence-electron chi connectivity index (χ0n) is 30.7. The number of fused-ring (bicyclic) bond motifs is 1. The van der Waals surface area contributed by atoms with E-state index in [0.717, 1.165) is 11.8 Å². The lowest BCUT2D eigenvalue weighted by Crippen LogP contribution is -2.60. The average Bonchev–Trinajstić information content (AvgIpc) is 4.06. The molecule has 2 aliphatic carbocycles. The Labute approximate surface area is 314 Å². The van der Waals surface area contributed by atoms with Crippen molar-refractivity contribution >= 4 is 44.7 Å². The van der Waals surface area contributed by atoms with Gasteiger partial charge in [-0.2, -0.15) is 0 Å². The smallest absolute Gasteiger partial charge is 0.412 e. The highest BCUT2D eigenvalue weighted by molar-refractivity contribution is 7.91. The predicted octanol–water partition coefficient (Wildman–Crippen LogP) is 4.21. The van der Waals surface area contributed by atoms with Crippen molar-refractivity contribution in [3.8, 4) is 22.8 Å². The van der Waals surface area contributed by atoms with E-state index < -0.39 is 74.1 Å². The first kappa shape index (κ1) is 38.3. The number of hydrogen-bond acceptors (Lipinski definition) is 10. The molecule has 2 saturated carbocycles. The van der Waals surface area contributed by atoms with Gasteiger partial charge in [0.1, 0.15) is 35.2 Å². The lowest BCUT2D eigenvalue weighted by atomic mass is 9.85. The van der Waals surface area contributed by atoms with Crippen LogP contribution in [0.25, 0.3) is 22.2 Å². The van der Waals surface area contributed by atoms with Crippen molar-refractivity contribution in [2.45, 2.75) is 75.4 Å². The monoisotopic (exact) mass is 759 g/mol. The summed E-state index contributed by atoms with van der Waals surface area (Å²) in [6, 6.07) is 14.4. The molecule has 0 bridgehead atoms. The highest BCUT2D eigenvalue weighted by Gasteiger charge is 2.62. The summed E-state index contributed by atoms with van der Waals surface area (Å²) in [6.07, 6.45) is 1.81. The molecule has 3 aliphatic rings. The van der Waals surface area contributed by atoms with E-state index in [4.69, 9.17) is 19.2 Å². The molecule has 5 atom stereocenters. The molecule has 3 N–H and O–H groups in total. The maximum atomic E-state index is 14.5. The summed E-state index contributed by atoms with van der Waals surface area (Å²) in [5.41, 5.74) is -0.351. The van der Waals surface area contributed by atoms with E-state index in [2.05, 4.69) is 28.5 Å². The van der Waals surface area contributed by atoms with Crippen LogP contribution in [0.15, 0.2) is 80.1 Å². The number of rotatable bonds is 13. The van der Waals surface area contributed by atoms with Gasteiger partial charge < -0.3 is 29.7 Å². The van der Waals surface area contributed by atoms with Crippen molar-refractivity contribution in [3.63, 3.8) is 0 Å². The number of methoxy groups -OCH3 is 1. The van der Waals surface area contributed by atoms with Crippen LogP contribution in [-0.2, 0) is 29.1 Å². The number of carbonyl (C=O) groups is 4. The second-order valence-electron chi connectivity index (χ2n) is 14.9. The molecule has 0 unspecified atom stereocenters. The second kappa shape index (κ2) is 14.8. The third-order valence-corrected chi connectivity index (χ3v) is 11.8. The van der Waals surface area contributed by atoms with Crippen LogP contribution in [0.2, 0.25) is 0 Å². The number of amides is 4. The Kier molecular flexibility index (Phi) is 10.5. The molecule has 0 spiro atoms. The molecule has 14 nitrogen and oxygen atoms in total. The molecule has 2 heterocycles. The summed E-state index contributed by atoms with van der Waals surface area (Å²) in [4.78, 5) is 61.1. The van der Waals surface area contributed by atoms with Gasteiger partial charge in [-0.05, 0) is 36.8 Å². The molecule has 3 aromatic rings. The number of benzene rings is 2. The fourth-order valence-electron chi connectivity index (χ4n) is 6.77. The minimum Gasteiger partial charge on any atom is -0.497 e. The summed E-state index contributed by atoms with van der Waals surface area (Å²) in [5, 5.41) is 5.40. The van der Waals surface area contributed by atoms with Crippen LogP contribution >= 0.6 is 0 Å². The maximum absolute atomic E-state index is 14.5. The molecule has 1 aliphatic heterocycles. The Morgan fingerprint density at radius 3 is 2.39 bits per heavy atom. The fourth-order valence-corrected chi connectivity index (χ4v) is 8.14. The van der Waals surface area contributed by atoms with Gasteiger partial charge in [-0.25, -0.2) is 18.2 Å². The number of alkyl carbamates (subject to hydrolysis) is 1. The molecule has 0 radical (unpaired) electrons. The first-order chi connectivity index (χ1) is 25.6. The molecule has 1 aromatic heterocycles. The molecule has 54 heavy (non-hydrogen) atoms. The van der Waals surface area contributed by atoms with Gasteiger partial charge in [0, 0.05) is 35.4 Å². The Hall–Kier alpha value is -5.44. The number of pyridine rings is 1. The standard InChI is InChI=1S/C39H45N5O9S/c1-7-24-21-39(24,36(47)43-54(49,50)27-15-16-27)42-34(45)31-19-26(22-44(31)35(46)33(38(3,4)5)41-37(48)52-8-2)53-32-20-29(23-12-10-9-11-13-23)40-30-18-25(51-6)14-17-28(30)32/h7-14,17-18,20,24,26-27,31,33H,1-2,15-16,19,21-22H2,3-6H3,(H,41,48)(H,42,45)(H,43,47)/t24-,26-,31+,33-,39-/m1/s1. The van der Waals surface area contributed by atoms with Crippen LogP contribution in [-0.4, -0.2) is 84.7 Å². The summed E-state index contributed by atoms with van der Waals surface area (Å²) in [7, 11) is -2.36. The highest BCUT2D eigenvalue weighted by Crippen LogP contribution is 2.46. The summed E-state index contributed by atoms with van der Waals surface area (Å²) < 4.78 is 44.6. The summed E-state index contributed by atoms with van der Waals surface area (Å²) in [5.74, 6) is -1.62. The minimum absolute atomic E-state index is 0.00299. The van der Waals surface area contributed by atoms with Gasteiger partial charge in [0.05, 0.1) is 36.4 Å². The molecule has 286 valence electrons. The molecular formula is C39H45N5O9S. The summed E-state index contributed by atoms with van der Waals surface area (Å²) >= 11 is 0. The SMILES string of the molecule is C=COC(=O)N[C@H](C(=O)N1C[C@H](Oc2cc(-c3ccccc3)nc3cc(OC)ccc23)C[C@H]1C(=O)N[C@]1(C(=O)NS(=O)(=O)C2CC2)C[C@H]1C=C)C(C)(C)C. The van der Waals surface area contributed by atoms with E-state index in [-0.39, 0.29) is 19.4 Å². The number of carbonyl (C=O) groups excluding carboxylic acids is 4. The maximum Gasteiger partial charge on any atom is 0.412 e. The second-order valence-corrected chi connectivity index (χ2v) is 16.9. The van der Waals surface area contributed by atoms with E-state index in [0.29, 0.717) is 40.9 Å². The van der Waals surface area contributed by atoms with Crippen molar-refractivity contribution in [1.82, 2.24) is 25.2 Å². The Morgan fingerprint density at radius 1 is 1.06 bits per heavy atom. The molecule has 15 heteroatoms. The van der Waals surface area contributed by atoms with Gasteiger partial charge in [0.25, 0.3) is 5.91 Å². The first-order valence-electron chi connectivity index (χ1n) is 17.7. The Balaban J connectivity index is 1.34. The predicted molar refractivity (Wildman–Crippen MR) is 201 cm³/mol. The van der Waals surface area contributed by atoms with E-state index >= 15 is 0 Å². The van der Waals surface area contributed by atoms with Gasteiger partial charge in [0.15, 0.2) is 0 Å². The van der Waals surface area contributed by atoms with Gasteiger partial charge in [-0.1, -0.05) is 63.8 Å². The van der Waals surface area contributed by atoms with E-state index in [9.17, 15) is 27.6 Å². The van der Waals surface area contributed by atoms with Gasteiger partial charge >= 0.3 is 6.09 Å². The summed E-state index contributed by atoms with van der Waals surface area (Å²) in [6.45, 7) is 12.4. The van der Waals surface area contributed by atoms with Crippen LogP contribution in [0.1, 0.15) is 46.5 Å². The third-order valence-electron chi connectivity index (χ3n) is 10.0. The molecule has 2 aromatic carbocycles. The molecule has 1 saturated heterocycles. The largest absolute Gasteiger partial charge is 0.497 e. The number of hydrogen-bond donors (Lipinski definition) is 3. The van der Waals surface area contributed by atoms with Crippen LogP contribution < -0.4 is 24.8 Å². The van der Waals surface area contributed by atoms with Crippen molar-refractivity contribution in [2.24, 2.45) is 11.3 Å². The van der Waals surface area contributed by atoms with Gasteiger partial charge in [-0.15, -0.1) is 6.58 Å². The van der Waals surface area contributed by atoms with E-state index in [1.165, 1.54) is 11.0 Å². The number of nitrogens with zero attached hydrogens (tertiary/aromatic N) is 2. The number of aromatic nitrogens is 1. The van der Waals surface area contributed by atoms with E-state index in [1.54, 1.807) is 46.1 Å². The third kappa shape index (κ3) is 7.91. The van der Waals surface area contributed by atoms with E-state index in [1.807, 2.05) is 36.4 Å². The quantitative estimate of drug-likeness (QED) is 0.169. The van der Waals surface area contributed by atoms with Crippen molar-refractivity contribution in [1.29, 1.82) is 0 Å². The highest BCUT2D eigenvalue weighted by atomic mass is 32.2. The fraction of sp³-hybridized carbons (Fsp3) is 0.410. The van der Waals surface area contributed by atoms with Crippen LogP contribution in [0.5, 0.6) is 11.5 Å². The lowest BCUT2D eigenvalue weighted by molar-refractivity contribution is -0.142. The minimum atomic E-state index is -3.92. The van der Waals surface area contributed by atoms with Gasteiger partial charge in [0.2, 0.25) is 21.8 Å². The zero-order chi connectivity index (χ0) is 39.0. The molecular weight excluding hydrogens is 715 g/mol. The van der Waals surface area contributed by atoms with Crippen LogP contribution in [0.3, 0.4) is 0 Å². The van der Waals surface area contributed by atoms with Gasteiger partial charge in [-0.3, -0.25) is 19.1 Å². The number of sulfonamides is 1. The van der Waals surface area contributed by atoms with Crippen molar-refractivity contribution in [3.05, 3.63) is 80.1 Å². The molecule has 3 fully saturated rings. The number of nitrogens with one attached hydrogen (secondary N) is 3. The van der Waals surface area contributed by atoms with Crippen molar-refractivity contribution in [2.75, 3.05) is 13.7 Å². The normalized spacial score (nSPS) is 22.7. The van der Waals surface area contributed by atoms with Crippen molar-refractivity contribution < 1.29 is 41.8 Å². The molecule has 4 amide bonds. The topological polar surface area (TPSA) is 182 Å². The Morgan fingerprint density at radius 2 is 1.78 bits per heavy atom. The van der Waals surface area contributed by atoms with Crippen LogP contribution in [0.4, 0.5) is 4.79 Å². The number of likely N-dealkylation sites (tertiary alicyclic amines) is 1. The van der Waals surface area contributed by atoms with Crippen LogP contribution in [0, 0.1) is 11.3 Å². The number of ether oxygens (including phenoxy) is 3. The molecule has 6 rings (SSSR count). The lowest BCUT2D eigenvalue weighted by Gasteiger charge is -2.35. The zero-order valence-corrected chi connectivity index (χ0v) is 31.5. The Bertz CT molecular complexity index is 2100.